The predicted octanol–water partition coefficient (Wildman–Crippen LogP) is 3.75. The highest BCUT2D eigenvalue weighted by Gasteiger charge is 2.24. The zero-order chi connectivity index (χ0) is 28.6. The van der Waals surface area contributed by atoms with Gasteiger partial charge < -0.3 is 26.3 Å². The molecule has 0 bridgehead atoms. The summed E-state index contributed by atoms with van der Waals surface area (Å²) in [6, 6.07) is 17.4. The van der Waals surface area contributed by atoms with E-state index in [0.29, 0.717) is 34.9 Å². The van der Waals surface area contributed by atoms with E-state index in [0.717, 1.165) is 0 Å². The quantitative estimate of drug-likeness (QED) is 0.120. The second-order valence-corrected chi connectivity index (χ2v) is 9.82. The Bertz CT molecular complexity index is 1320. The Hall–Kier alpha value is -4.28. The molecule has 3 aromatic carbocycles. The van der Waals surface area contributed by atoms with Crippen molar-refractivity contribution < 1.29 is 19.1 Å². The molecule has 8 N–H and O–H groups in total. The Morgan fingerprint density at radius 3 is 2.31 bits per heavy atom. The first-order valence-corrected chi connectivity index (χ1v) is 12.6. The maximum absolute atomic E-state index is 13.4. The van der Waals surface area contributed by atoms with Crippen LogP contribution in [0, 0.1) is 5.41 Å². The largest absolute Gasteiger partial charge is 0.490 e. The average molecular weight is 553 g/mol. The number of rotatable bonds is 11. The van der Waals surface area contributed by atoms with Gasteiger partial charge in [0.15, 0.2) is 11.5 Å². The summed E-state index contributed by atoms with van der Waals surface area (Å²) >= 11 is 6.11. The van der Waals surface area contributed by atoms with Crippen molar-refractivity contribution in [3.05, 3.63) is 88.4 Å². The van der Waals surface area contributed by atoms with Gasteiger partial charge in [-0.1, -0.05) is 29.8 Å². The monoisotopic (exact) mass is 552 g/mol. The van der Waals surface area contributed by atoms with Gasteiger partial charge in [-0.15, -0.1) is 0 Å². The molecule has 0 spiro atoms. The topological polar surface area (TPSA) is 165 Å². The molecule has 0 fully saturated rings. The van der Waals surface area contributed by atoms with Crippen molar-refractivity contribution in [2.75, 3.05) is 18.5 Å². The molecular formula is C28H33ClN6O4. The van der Waals surface area contributed by atoms with Crippen molar-refractivity contribution in [2.45, 2.75) is 32.4 Å². The van der Waals surface area contributed by atoms with Crippen LogP contribution in [0.2, 0.25) is 5.02 Å². The highest BCUT2D eigenvalue weighted by atomic mass is 35.5. The molecule has 0 saturated carbocycles. The van der Waals surface area contributed by atoms with Crippen LogP contribution in [0.4, 0.5) is 5.69 Å². The van der Waals surface area contributed by atoms with Crippen molar-refractivity contribution in [3.8, 4) is 11.5 Å². The first-order chi connectivity index (χ1) is 18.5. The lowest BCUT2D eigenvalue weighted by atomic mass is 10.0. The molecule has 10 nitrogen and oxygen atoms in total. The lowest BCUT2D eigenvalue weighted by molar-refractivity contribution is -0.122. The number of amides is 2. The molecule has 0 aliphatic rings. The molecule has 0 aliphatic carbocycles. The molecule has 39 heavy (non-hydrogen) atoms. The van der Waals surface area contributed by atoms with Gasteiger partial charge >= 0.3 is 0 Å². The Morgan fingerprint density at radius 1 is 1.00 bits per heavy atom. The van der Waals surface area contributed by atoms with Crippen LogP contribution >= 0.6 is 11.6 Å². The van der Waals surface area contributed by atoms with Crippen molar-refractivity contribution in [3.63, 3.8) is 0 Å². The third kappa shape index (κ3) is 8.36. The van der Waals surface area contributed by atoms with E-state index in [-0.39, 0.29) is 23.0 Å². The van der Waals surface area contributed by atoms with Crippen LogP contribution in [0.15, 0.2) is 66.7 Å². The maximum Gasteiger partial charge on any atom is 0.271 e. The molecule has 0 radical (unpaired) electrons. The summed E-state index contributed by atoms with van der Waals surface area (Å²) in [7, 11) is 0. The van der Waals surface area contributed by atoms with E-state index in [4.69, 9.17) is 38.0 Å². The number of nitrogens with one attached hydrogen (secondary N) is 4. The summed E-state index contributed by atoms with van der Waals surface area (Å²) in [6.07, 6.45) is 0. The van der Waals surface area contributed by atoms with Crippen molar-refractivity contribution in [1.82, 2.24) is 10.9 Å². The number of nitrogens with two attached hydrogens (primary N) is 2. The number of carbonyl (C=O) groups is 2. The fourth-order valence-electron chi connectivity index (χ4n) is 3.47. The predicted molar refractivity (Wildman–Crippen MR) is 152 cm³/mol. The van der Waals surface area contributed by atoms with Crippen LogP contribution in [-0.4, -0.2) is 36.4 Å². The van der Waals surface area contributed by atoms with Gasteiger partial charge in [-0.25, -0.2) is 0 Å². The summed E-state index contributed by atoms with van der Waals surface area (Å²) in [5, 5.41) is 11.0. The molecule has 3 rings (SSSR count). The maximum atomic E-state index is 13.4. The molecule has 0 aromatic heterocycles. The SMILES string of the molecule is CCOc1cc(C(Nc2ccc(C(=N)N)cc2)C(=O)NNC(=O)c2ccccc2Cl)ccc1OCC(C)(C)N. The Labute approximate surface area is 232 Å². The fraction of sp³-hybridized carbons (Fsp3) is 0.250. The number of hydrazine groups is 1. The second-order valence-electron chi connectivity index (χ2n) is 9.41. The van der Waals surface area contributed by atoms with E-state index in [2.05, 4.69) is 16.2 Å². The van der Waals surface area contributed by atoms with Crippen LogP contribution in [-0.2, 0) is 4.79 Å². The highest BCUT2D eigenvalue weighted by molar-refractivity contribution is 6.33. The number of hydrogen-bond acceptors (Lipinski definition) is 7. The molecule has 1 unspecified atom stereocenters. The van der Waals surface area contributed by atoms with E-state index in [1.807, 2.05) is 20.8 Å². The van der Waals surface area contributed by atoms with Crippen LogP contribution < -0.4 is 37.1 Å². The molecule has 0 aliphatic heterocycles. The number of amidine groups is 1. The first-order valence-electron chi connectivity index (χ1n) is 12.2. The molecule has 1 atom stereocenters. The number of carbonyl (C=O) groups excluding carboxylic acids is 2. The van der Waals surface area contributed by atoms with Crippen LogP contribution in [0.25, 0.3) is 0 Å². The van der Waals surface area contributed by atoms with Crippen molar-refractivity contribution >= 4 is 34.9 Å². The molecule has 11 heteroatoms. The van der Waals surface area contributed by atoms with E-state index in [9.17, 15) is 9.59 Å². The number of nitrogen functional groups attached to an aromatic ring is 1. The Balaban J connectivity index is 1.89. The number of ether oxygens (including phenoxy) is 2. The minimum atomic E-state index is -0.959. The summed E-state index contributed by atoms with van der Waals surface area (Å²) in [5.74, 6) is -0.273. The summed E-state index contributed by atoms with van der Waals surface area (Å²) in [4.78, 5) is 26.0. The molecular weight excluding hydrogens is 520 g/mol. The summed E-state index contributed by atoms with van der Waals surface area (Å²) < 4.78 is 11.7. The average Bonchev–Trinajstić information content (AvgIpc) is 2.89. The Kier molecular flexibility index (Phi) is 9.75. The smallest absolute Gasteiger partial charge is 0.271 e. The molecule has 0 saturated heterocycles. The zero-order valence-electron chi connectivity index (χ0n) is 22.0. The lowest BCUT2D eigenvalue weighted by Crippen LogP contribution is -2.45. The van der Waals surface area contributed by atoms with E-state index < -0.39 is 23.4 Å². The van der Waals surface area contributed by atoms with Gasteiger partial charge in [-0.3, -0.25) is 25.8 Å². The van der Waals surface area contributed by atoms with Crippen LogP contribution in [0.3, 0.4) is 0 Å². The minimum Gasteiger partial charge on any atom is -0.490 e. The van der Waals surface area contributed by atoms with E-state index in [1.165, 1.54) is 0 Å². The number of hydrogen-bond donors (Lipinski definition) is 6. The minimum absolute atomic E-state index is 0.0734. The van der Waals surface area contributed by atoms with Gasteiger partial charge in [0.1, 0.15) is 18.5 Å². The number of halogens is 1. The highest BCUT2D eigenvalue weighted by Crippen LogP contribution is 2.32. The van der Waals surface area contributed by atoms with E-state index >= 15 is 0 Å². The molecule has 206 valence electrons. The second kappa shape index (κ2) is 13.0. The number of anilines is 1. The third-order valence-corrected chi connectivity index (χ3v) is 5.72. The van der Waals surface area contributed by atoms with Crippen LogP contribution in [0.1, 0.15) is 48.3 Å². The van der Waals surface area contributed by atoms with Gasteiger partial charge in [0, 0.05) is 16.8 Å². The molecule has 3 aromatic rings. The molecule has 0 heterocycles. The first kappa shape index (κ1) is 29.3. The van der Waals surface area contributed by atoms with Gasteiger partial charge in [0.05, 0.1) is 17.2 Å². The normalized spacial score (nSPS) is 11.7. The van der Waals surface area contributed by atoms with Crippen LogP contribution in [0.5, 0.6) is 11.5 Å². The standard InChI is InChI=1S/C28H33ClN6O4/c1-4-38-23-15-18(11-14-22(23)39-16-28(2,3)32)24(33-19-12-9-17(10-13-19)25(30)31)27(37)35-34-26(36)20-7-5-6-8-21(20)29/h5-15,24,33H,4,16,32H2,1-3H3,(H3,30,31)(H,34,36)(H,35,37). The van der Waals surface area contributed by atoms with Crippen molar-refractivity contribution in [1.29, 1.82) is 5.41 Å². The van der Waals surface area contributed by atoms with E-state index in [1.54, 1.807) is 66.7 Å². The molecule has 2 amide bonds. The van der Waals surface area contributed by atoms with Gasteiger partial charge in [0.2, 0.25) is 0 Å². The number of benzene rings is 3. The summed E-state index contributed by atoms with van der Waals surface area (Å²) in [5.41, 5.74) is 17.8. The third-order valence-electron chi connectivity index (χ3n) is 5.39. The lowest BCUT2D eigenvalue weighted by Gasteiger charge is -2.23. The van der Waals surface area contributed by atoms with Gasteiger partial charge in [-0.2, -0.15) is 0 Å². The van der Waals surface area contributed by atoms with Gasteiger partial charge in [-0.05, 0) is 74.9 Å². The van der Waals surface area contributed by atoms with Gasteiger partial charge in [0.25, 0.3) is 11.8 Å². The van der Waals surface area contributed by atoms with Crippen molar-refractivity contribution in [2.24, 2.45) is 11.5 Å². The zero-order valence-corrected chi connectivity index (χ0v) is 22.8. The fourth-order valence-corrected chi connectivity index (χ4v) is 3.69. The Morgan fingerprint density at radius 2 is 1.69 bits per heavy atom. The summed E-state index contributed by atoms with van der Waals surface area (Å²) in [6.45, 7) is 6.16.